The summed E-state index contributed by atoms with van der Waals surface area (Å²) in [5.41, 5.74) is 2.51. The maximum atomic E-state index is 4.12. The lowest BCUT2D eigenvalue weighted by atomic mass is 9.84. The summed E-state index contributed by atoms with van der Waals surface area (Å²) >= 11 is 0. The first kappa shape index (κ1) is 11.4. The van der Waals surface area contributed by atoms with Crippen LogP contribution in [0.4, 0.5) is 5.69 Å². The van der Waals surface area contributed by atoms with Crippen LogP contribution in [0.1, 0.15) is 44.6 Å². The molecule has 0 aliphatic heterocycles. The number of nitrogens with one attached hydrogen (secondary N) is 1. The fourth-order valence-electron chi connectivity index (χ4n) is 2.57. The molecule has 2 rings (SSSR count). The van der Waals surface area contributed by atoms with Gasteiger partial charge in [-0.2, -0.15) is 0 Å². The van der Waals surface area contributed by atoms with E-state index in [0.29, 0.717) is 6.04 Å². The summed E-state index contributed by atoms with van der Waals surface area (Å²) < 4.78 is 0. The maximum absolute atomic E-state index is 4.12. The highest BCUT2D eigenvalue weighted by atomic mass is 14.9. The Morgan fingerprint density at radius 3 is 2.69 bits per heavy atom. The molecule has 0 spiro atoms. The molecular formula is C14H22N2. The number of nitrogens with zero attached hydrogens (tertiary/aromatic N) is 1. The van der Waals surface area contributed by atoms with Gasteiger partial charge in [0, 0.05) is 24.1 Å². The van der Waals surface area contributed by atoms with E-state index >= 15 is 0 Å². The van der Waals surface area contributed by atoms with Gasteiger partial charge in [-0.05, 0) is 50.2 Å². The van der Waals surface area contributed by atoms with Crippen LogP contribution in [0, 0.1) is 12.8 Å². The summed E-state index contributed by atoms with van der Waals surface area (Å²) in [5, 5.41) is 3.65. The van der Waals surface area contributed by atoms with E-state index < -0.39 is 0 Å². The van der Waals surface area contributed by atoms with E-state index in [1.165, 1.54) is 43.4 Å². The van der Waals surface area contributed by atoms with Gasteiger partial charge in [-0.15, -0.1) is 0 Å². The topological polar surface area (TPSA) is 24.9 Å². The van der Waals surface area contributed by atoms with Gasteiger partial charge in [0.05, 0.1) is 0 Å². The minimum Gasteiger partial charge on any atom is -0.382 e. The molecule has 0 aromatic carbocycles. The van der Waals surface area contributed by atoms with E-state index in [-0.39, 0.29) is 0 Å². The smallest absolute Gasteiger partial charge is 0.0402 e. The van der Waals surface area contributed by atoms with E-state index in [9.17, 15) is 0 Å². The first-order valence-electron chi connectivity index (χ1n) is 6.46. The molecule has 1 fully saturated rings. The Morgan fingerprint density at radius 2 is 2.06 bits per heavy atom. The average Bonchev–Trinajstić information content (AvgIpc) is 2.33. The van der Waals surface area contributed by atoms with Crippen molar-refractivity contribution in [3.8, 4) is 0 Å². The van der Waals surface area contributed by atoms with Crippen molar-refractivity contribution < 1.29 is 0 Å². The Bertz CT molecular complexity index is 327. The lowest BCUT2D eigenvalue weighted by Gasteiger charge is -2.29. The van der Waals surface area contributed by atoms with Crippen LogP contribution < -0.4 is 5.32 Å². The third-order valence-electron chi connectivity index (χ3n) is 3.80. The van der Waals surface area contributed by atoms with Crippen LogP contribution in [-0.4, -0.2) is 11.0 Å². The average molecular weight is 218 g/mol. The number of aromatic nitrogens is 1. The number of hydrogen-bond donors (Lipinski definition) is 1. The lowest BCUT2D eigenvalue weighted by Crippen LogP contribution is -2.26. The van der Waals surface area contributed by atoms with E-state index in [4.69, 9.17) is 0 Å². The van der Waals surface area contributed by atoms with E-state index in [1.807, 2.05) is 12.4 Å². The van der Waals surface area contributed by atoms with Crippen molar-refractivity contribution in [2.45, 2.75) is 52.0 Å². The van der Waals surface area contributed by atoms with Crippen LogP contribution in [0.15, 0.2) is 18.5 Å². The fraction of sp³-hybridized carbons (Fsp3) is 0.643. The van der Waals surface area contributed by atoms with Gasteiger partial charge in [0.2, 0.25) is 0 Å². The molecule has 1 aromatic heterocycles. The standard InChI is InChI=1S/C14H22N2/c1-3-12-4-6-13(7-5-12)16-14-8-9-15-10-11(14)2/h8-10,12-13H,3-7H2,1-2H3,(H,15,16). The summed E-state index contributed by atoms with van der Waals surface area (Å²) in [6.45, 7) is 4.43. The number of aryl methyl sites for hydroxylation is 1. The molecular weight excluding hydrogens is 196 g/mol. The molecule has 1 N–H and O–H groups in total. The van der Waals surface area contributed by atoms with Crippen LogP contribution in [0.3, 0.4) is 0 Å². The van der Waals surface area contributed by atoms with Crippen molar-refractivity contribution in [2.24, 2.45) is 5.92 Å². The van der Waals surface area contributed by atoms with Crippen molar-refractivity contribution in [1.29, 1.82) is 0 Å². The summed E-state index contributed by atoms with van der Waals surface area (Å²) in [4.78, 5) is 4.12. The second-order valence-electron chi connectivity index (χ2n) is 4.96. The monoisotopic (exact) mass is 218 g/mol. The van der Waals surface area contributed by atoms with Crippen molar-refractivity contribution in [3.05, 3.63) is 24.0 Å². The zero-order chi connectivity index (χ0) is 11.4. The zero-order valence-electron chi connectivity index (χ0n) is 10.4. The van der Waals surface area contributed by atoms with E-state index in [0.717, 1.165) is 5.92 Å². The van der Waals surface area contributed by atoms with Crippen LogP contribution in [0.5, 0.6) is 0 Å². The van der Waals surface area contributed by atoms with Crippen molar-refractivity contribution >= 4 is 5.69 Å². The quantitative estimate of drug-likeness (QED) is 0.835. The predicted molar refractivity (Wildman–Crippen MR) is 68.6 cm³/mol. The first-order valence-corrected chi connectivity index (χ1v) is 6.46. The number of pyridine rings is 1. The molecule has 88 valence electrons. The Hall–Kier alpha value is -1.05. The third-order valence-corrected chi connectivity index (χ3v) is 3.80. The summed E-state index contributed by atoms with van der Waals surface area (Å²) in [5.74, 6) is 0.969. The van der Waals surface area contributed by atoms with Crippen LogP contribution >= 0.6 is 0 Å². The molecule has 0 unspecified atom stereocenters. The minimum atomic E-state index is 0.670. The lowest BCUT2D eigenvalue weighted by molar-refractivity contribution is 0.330. The minimum absolute atomic E-state index is 0.670. The molecule has 1 aromatic rings. The molecule has 1 aliphatic rings. The van der Waals surface area contributed by atoms with Crippen LogP contribution in [0.25, 0.3) is 0 Å². The maximum Gasteiger partial charge on any atom is 0.0402 e. The molecule has 1 aliphatic carbocycles. The molecule has 2 heteroatoms. The highest BCUT2D eigenvalue weighted by molar-refractivity contribution is 5.49. The van der Waals surface area contributed by atoms with Gasteiger partial charge < -0.3 is 5.32 Å². The van der Waals surface area contributed by atoms with Gasteiger partial charge in [-0.25, -0.2) is 0 Å². The van der Waals surface area contributed by atoms with Gasteiger partial charge in [0.25, 0.3) is 0 Å². The van der Waals surface area contributed by atoms with Crippen LogP contribution in [-0.2, 0) is 0 Å². The summed E-state index contributed by atoms with van der Waals surface area (Å²) in [7, 11) is 0. The summed E-state index contributed by atoms with van der Waals surface area (Å²) in [6.07, 6.45) is 10.6. The molecule has 1 saturated carbocycles. The number of rotatable bonds is 3. The van der Waals surface area contributed by atoms with Gasteiger partial charge in [0.1, 0.15) is 0 Å². The van der Waals surface area contributed by atoms with Crippen molar-refractivity contribution in [1.82, 2.24) is 4.98 Å². The van der Waals surface area contributed by atoms with Gasteiger partial charge in [-0.3, -0.25) is 4.98 Å². The second-order valence-corrected chi connectivity index (χ2v) is 4.96. The Morgan fingerprint density at radius 1 is 1.31 bits per heavy atom. The number of hydrogen-bond acceptors (Lipinski definition) is 2. The SMILES string of the molecule is CCC1CCC(Nc2ccncc2C)CC1. The third kappa shape index (κ3) is 2.75. The summed E-state index contributed by atoms with van der Waals surface area (Å²) in [6, 6.07) is 2.75. The molecule has 1 heterocycles. The normalized spacial score (nSPS) is 25.4. The van der Waals surface area contributed by atoms with Gasteiger partial charge in [0.15, 0.2) is 0 Å². The molecule has 0 amide bonds. The van der Waals surface area contributed by atoms with Crippen LogP contribution in [0.2, 0.25) is 0 Å². The predicted octanol–water partition coefficient (Wildman–Crippen LogP) is 3.77. The number of anilines is 1. The highest BCUT2D eigenvalue weighted by Gasteiger charge is 2.19. The second kappa shape index (κ2) is 5.33. The van der Waals surface area contributed by atoms with Gasteiger partial charge >= 0.3 is 0 Å². The Balaban J connectivity index is 1.89. The van der Waals surface area contributed by atoms with Gasteiger partial charge in [-0.1, -0.05) is 13.3 Å². The molecule has 0 atom stereocenters. The Kier molecular flexibility index (Phi) is 3.81. The largest absolute Gasteiger partial charge is 0.382 e. The van der Waals surface area contributed by atoms with E-state index in [1.54, 1.807) is 0 Å². The molecule has 2 nitrogen and oxygen atoms in total. The molecule has 16 heavy (non-hydrogen) atoms. The molecule has 0 bridgehead atoms. The highest BCUT2D eigenvalue weighted by Crippen LogP contribution is 2.28. The van der Waals surface area contributed by atoms with Crippen molar-refractivity contribution in [3.63, 3.8) is 0 Å². The Labute approximate surface area is 98.5 Å². The van der Waals surface area contributed by atoms with E-state index in [2.05, 4.69) is 30.2 Å². The zero-order valence-corrected chi connectivity index (χ0v) is 10.4. The molecule has 0 saturated heterocycles. The van der Waals surface area contributed by atoms with Crippen molar-refractivity contribution in [2.75, 3.05) is 5.32 Å². The fourth-order valence-corrected chi connectivity index (χ4v) is 2.57. The first-order chi connectivity index (χ1) is 7.79. The molecule has 0 radical (unpaired) electrons.